The van der Waals surface area contributed by atoms with Crippen molar-refractivity contribution in [1.29, 1.82) is 0 Å². The predicted molar refractivity (Wildman–Crippen MR) is 131 cm³/mol. The highest BCUT2D eigenvalue weighted by Gasteiger charge is 2.53. The van der Waals surface area contributed by atoms with Gasteiger partial charge in [0.2, 0.25) is 0 Å². The van der Waals surface area contributed by atoms with Crippen LogP contribution in [0.25, 0.3) is 0 Å². The summed E-state index contributed by atoms with van der Waals surface area (Å²) in [6, 6.07) is 2.29. The van der Waals surface area contributed by atoms with Crippen LogP contribution in [0.1, 0.15) is 48.2 Å². The molecule has 8 nitrogen and oxygen atoms in total. The van der Waals surface area contributed by atoms with E-state index < -0.39 is 23.3 Å². The maximum Gasteiger partial charge on any atom is 0.326 e. The van der Waals surface area contributed by atoms with Crippen molar-refractivity contribution in [3.8, 4) is 0 Å². The minimum absolute atomic E-state index is 0.0477. The van der Waals surface area contributed by atoms with E-state index in [1.807, 2.05) is 0 Å². The van der Waals surface area contributed by atoms with E-state index in [1.54, 1.807) is 12.1 Å². The molecule has 34 heavy (non-hydrogen) atoms. The van der Waals surface area contributed by atoms with E-state index in [4.69, 9.17) is 23.2 Å². The van der Waals surface area contributed by atoms with Crippen molar-refractivity contribution in [3.05, 3.63) is 62.2 Å². The average molecular weight is 568 g/mol. The molecule has 0 aliphatic heterocycles. The van der Waals surface area contributed by atoms with Gasteiger partial charge in [-0.2, -0.15) is 0 Å². The number of carboxylic acid groups (broad SMARTS) is 1. The SMILES string of the molecule is O=C(Nc1ccc(C[C@H](NC2=C(Br)C(=O)C23CCCCC3)C(=O)O)nc1)c1c(Cl)cncc1Cl. The number of nitrogens with one attached hydrogen (secondary N) is 2. The Labute approximate surface area is 214 Å². The number of hydrogen-bond donors (Lipinski definition) is 3. The van der Waals surface area contributed by atoms with E-state index in [2.05, 4.69) is 36.5 Å². The molecule has 2 heterocycles. The number of rotatable bonds is 7. The molecule has 1 saturated carbocycles. The lowest BCUT2D eigenvalue weighted by Crippen LogP contribution is -2.53. The zero-order valence-corrected chi connectivity index (χ0v) is 21.0. The number of carbonyl (C=O) groups is 3. The normalized spacial score (nSPS) is 17.8. The molecule has 1 atom stereocenters. The highest BCUT2D eigenvalue weighted by Crippen LogP contribution is 2.53. The van der Waals surface area contributed by atoms with Crippen molar-refractivity contribution in [3.63, 3.8) is 0 Å². The molecule has 3 N–H and O–H groups in total. The largest absolute Gasteiger partial charge is 0.480 e. The first-order chi connectivity index (χ1) is 16.2. The first-order valence-corrected chi connectivity index (χ1v) is 12.3. The van der Waals surface area contributed by atoms with Crippen molar-refractivity contribution in [2.45, 2.75) is 44.6 Å². The van der Waals surface area contributed by atoms with E-state index in [9.17, 15) is 19.5 Å². The molecule has 2 aromatic rings. The second kappa shape index (κ2) is 10.0. The topological polar surface area (TPSA) is 121 Å². The summed E-state index contributed by atoms with van der Waals surface area (Å²) in [6.07, 6.45) is 8.60. The van der Waals surface area contributed by atoms with Gasteiger partial charge >= 0.3 is 5.97 Å². The quantitative estimate of drug-likeness (QED) is 0.441. The van der Waals surface area contributed by atoms with Crippen LogP contribution in [0.5, 0.6) is 0 Å². The number of aromatic nitrogens is 2. The maximum absolute atomic E-state index is 12.6. The summed E-state index contributed by atoms with van der Waals surface area (Å²) >= 11 is 15.4. The molecule has 178 valence electrons. The molecule has 2 aliphatic rings. The van der Waals surface area contributed by atoms with Gasteiger partial charge in [0.05, 0.1) is 37.4 Å². The highest BCUT2D eigenvalue weighted by atomic mass is 79.9. The Morgan fingerprint density at radius 3 is 2.38 bits per heavy atom. The third kappa shape index (κ3) is 4.69. The molecule has 1 spiro atoms. The molecule has 0 bridgehead atoms. The number of nitrogens with zero attached hydrogens (tertiary/aromatic N) is 2. The summed E-state index contributed by atoms with van der Waals surface area (Å²) in [7, 11) is 0. The van der Waals surface area contributed by atoms with Gasteiger partial charge in [0.15, 0.2) is 5.78 Å². The van der Waals surface area contributed by atoms with Crippen molar-refractivity contribution < 1.29 is 19.5 Å². The van der Waals surface area contributed by atoms with Gasteiger partial charge in [-0.3, -0.25) is 19.6 Å². The van der Waals surface area contributed by atoms with Crippen LogP contribution in [0.15, 0.2) is 40.9 Å². The number of allylic oxidation sites excluding steroid dienone is 2. The first-order valence-electron chi connectivity index (χ1n) is 10.7. The summed E-state index contributed by atoms with van der Waals surface area (Å²) in [5, 5.41) is 15.8. The van der Waals surface area contributed by atoms with Gasteiger partial charge in [0.25, 0.3) is 5.91 Å². The number of anilines is 1. The number of aliphatic carboxylic acids is 1. The lowest BCUT2D eigenvalue weighted by atomic mass is 9.62. The number of carbonyl (C=O) groups excluding carboxylic acids is 2. The van der Waals surface area contributed by atoms with Gasteiger partial charge in [-0.25, -0.2) is 4.79 Å². The van der Waals surface area contributed by atoms with E-state index in [0.29, 0.717) is 21.6 Å². The third-order valence-electron chi connectivity index (χ3n) is 6.23. The fourth-order valence-electron chi connectivity index (χ4n) is 4.44. The lowest BCUT2D eigenvalue weighted by molar-refractivity contribution is -0.140. The maximum atomic E-state index is 12.6. The van der Waals surface area contributed by atoms with Crippen molar-refractivity contribution >= 4 is 62.5 Å². The van der Waals surface area contributed by atoms with Gasteiger partial charge in [0, 0.05) is 30.2 Å². The Morgan fingerprint density at radius 1 is 1.12 bits per heavy atom. The van der Waals surface area contributed by atoms with Crippen LogP contribution in [0, 0.1) is 5.41 Å². The molecular weight excluding hydrogens is 547 g/mol. The lowest BCUT2D eigenvalue weighted by Gasteiger charge is -2.46. The number of amides is 1. The minimum Gasteiger partial charge on any atom is -0.480 e. The van der Waals surface area contributed by atoms with Crippen LogP contribution in [0.2, 0.25) is 10.0 Å². The molecule has 0 aromatic carbocycles. The fourth-order valence-corrected chi connectivity index (χ4v) is 5.85. The number of hydrogen-bond acceptors (Lipinski definition) is 6. The number of ketones is 1. The van der Waals surface area contributed by atoms with E-state index >= 15 is 0 Å². The molecular formula is C23H21BrCl2N4O4. The zero-order valence-electron chi connectivity index (χ0n) is 17.9. The summed E-state index contributed by atoms with van der Waals surface area (Å²) in [5.41, 5.74) is 1.09. The number of halogens is 3. The van der Waals surface area contributed by atoms with Crippen molar-refractivity contribution in [2.75, 3.05) is 5.32 Å². The van der Waals surface area contributed by atoms with Crippen LogP contribution in [-0.2, 0) is 16.0 Å². The van der Waals surface area contributed by atoms with Crippen molar-refractivity contribution in [2.24, 2.45) is 5.41 Å². The molecule has 11 heteroatoms. The average Bonchev–Trinajstić information content (AvgIpc) is 2.82. The number of pyridine rings is 2. The van der Waals surface area contributed by atoms with Crippen molar-refractivity contribution in [1.82, 2.24) is 15.3 Å². The predicted octanol–water partition coefficient (Wildman–Crippen LogP) is 4.76. The summed E-state index contributed by atoms with van der Waals surface area (Å²) < 4.78 is 0.431. The Bertz CT molecular complexity index is 1160. The molecule has 1 fully saturated rings. The van der Waals surface area contributed by atoms with E-state index in [-0.39, 0.29) is 27.8 Å². The van der Waals surface area contributed by atoms with Crippen LogP contribution in [0.4, 0.5) is 5.69 Å². The molecule has 0 radical (unpaired) electrons. The van der Waals surface area contributed by atoms with E-state index in [1.165, 1.54) is 18.6 Å². The standard InChI is InChI=1S/C23H21BrCl2N4O4/c24-18-19(23(20(18)31)6-2-1-3-7-23)30-16(22(33)34)8-12-4-5-13(9-28-12)29-21(32)17-14(25)10-27-11-15(17)26/h4-5,9-11,16,30H,1-3,6-8H2,(H,29,32)(H,33,34)/t16-/m0/s1. The fraction of sp³-hybridized carbons (Fsp3) is 0.348. The first kappa shape index (κ1) is 24.6. The van der Waals surface area contributed by atoms with Crippen LogP contribution >= 0.6 is 39.1 Å². The Hall–Kier alpha value is -2.49. The molecule has 1 amide bonds. The van der Waals surface area contributed by atoms with Gasteiger partial charge in [-0.05, 0) is 40.9 Å². The number of Topliss-reactive ketones (excluding diaryl/α,β-unsaturated/α-hetero) is 1. The molecule has 2 aromatic heterocycles. The molecule has 4 rings (SSSR count). The Morgan fingerprint density at radius 2 is 1.79 bits per heavy atom. The second-order valence-corrected chi connectivity index (χ2v) is 9.98. The summed E-state index contributed by atoms with van der Waals surface area (Å²) in [5.74, 6) is -1.51. The summed E-state index contributed by atoms with van der Waals surface area (Å²) in [6.45, 7) is 0. The minimum atomic E-state index is -1.04. The van der Waals surface area contributed by atoms with Crippen LogP contribution < -0.4 is 10.6 Å². The van der Waals surface area contributed by atoms with Crippen LogP contribution in [0.3, 0.4) is 0 Å². The summed E-state index contributed by atoms with van der Waals surface area (Å²) in [4.78, 5) is 45.2. The monoisotopic (exact) mass is 566 g/mol. The van der Waals surface area contributed by atoms with Gasteiger partial charge < -0.3 is 15.7 Å². The molecule has 2 aliphatic carbocycles. The Balaban J connectivity index is 1.45. The van der Waals surface area contributed by atoms with Gasteiger partial charge in [0.1, 0.15) is 6.04 Å². The van der Waals surface area contributed by atoms with E-state index in [0.717, 1.165) is 32.1 Å². The molecule has 0 saturated heterocycles. The highest BCUT2D eigenvalue weighted by molar-refractivity contribution is 9.12. The van der Waals surface area contributed by atoms with Crippen LogP contribution in [-0.4, -0.2) is 38.8 Å². The number of carboxylic acids is 1. The van der Waals surface area contributed by atoms with Gasteiger partial charge in [-0.1, -0.05) is 42.5 Å². The van der Waals surface area contributed by atoms with Gasteiger partial charge in [-0.15, -0.1) is 0 Å². The smallest absolute Gasteiger partial charge is 0.326 e. The third-order valence-corrected chi connectivity index (χ3v) is 7.56. The Kier molecular flexibility index (Phi) is 7.25. The zero-order chi connectivity index (χ0) is 24.5. The second-order valence-electron chi connectivity index (χ2n) is 8.37. The molecule has 0 unspecified atom stereocenters.